The third-order valence-corrected chi connectivity index (χ3v) is 3.45. The summed E-state index contributed by atoms with van der Waals surface area (Å²) in [5.74, 6) is 6.65. The second-order valence-corrected chi connectivity index (χ2v) is 5.63. The lowest BCUT2D eigenvalue weighted by Gasteiger charge is -2.19. The van der Waals surface area contributed by atoms with Gasteiger partial charge in [-0.2, -0.15) is 0 Å². The molecule has 0 unspecified atom stereocenters. The van der Waals surface area contributed by atoms with Crippen LogP contribution in [-0.4, -0.2) is 23.1 Å². The Bertz CT molecular complexity index is 672. The van der Waals surface area contributed by atoms with E-state index in [-0.39, 0.29) is 0 Å². The van der Waals surface area contributed by atoms with Crippen molar-refractivity contribution < 1.29 is 5.11 Å². The van der Waals surface area contributed by atoms with Crippen LogP contribution in [0.5, 0.6) is 5.75 Å². The van der Waals surface area contributed by atoms with E-state index in [4.69, 9.17) is 11.6 Å². The topological polar surface area (TPSA) is 23.5 Å². The van der Waals surface area contributed by atoms with Crippen molar-refractivity contribution in [2.24, 2.45) is 0 Å². The molecule has 3 heteroatoms. The van der Waals surface area contributed by atoms with Gasteiger partial charge in [0.1, 0.15) is 5.75 Å². The highest BCUT2D eigenvalue weighted by atomic mass is 35.5. The van der Waals surface area contributed by atoms with Crippen LogP contribution in [0.15, 0.2) is 48.5 Å². The third-order valence-electron chi connectivity index (χ3n) is 3.22. The molecule has 0 spiro atoms. The van der Waals surface area contributed by atoms with E-state index in [0.717, 1.165) is 30.6 Å². The van der Waals surface area contributed by atoms with Gasteiger partial charge in [-0.3, -0.25) is 4.90 Å². The first-order valence-electron chi connectivity index (χ1n) is 7.42. The van der Waals surface area contributed by atoms with Gasteiger partial charge < -0.3 is 5.11 Å². The summed E-state index contributed by atoms with van der Waals surface area (Å²) in [6.07, 6.45) is 1.07. The van der Waals surface area contributed by atoms with Crippen LogP contribution in [0.1, 0.15) is 24.5 Å². The summed E-state index contributed by atoms with van der Waals surface area (Å²) in [5, 5.41) is 10.3. The molecule has 114 valence electrons. The number of hydrogen-bond acceptors (Lipinski definition) is 2. The van der Waals surface area contributed by atoms with Crippen LogP contribution in [0.25, 0.3) is 0 Å². The van der Waals surface area contributed by atoms with Crippen molar-refractivity contribution in [1.29, 1.82) is 0 Å². The average molecular weight is 314 g/mol. The third kappa shape index (κ3) is 5.44. The van der Waals surface area contributed by atoms with Crippen molar-refractivity contribution in [1.82, 2.24) is 4.90 Å². The number of hydrogen-bond donors (Lipinski definition) is 1. The van der Waals surface area contributed by atoms with E-state index < -0.39 is 0 Å². The number of benzene rings is 2. The molecule has 1 N–H and O–H groups in total. The first-order valence-corrected chi connectivity index (χ1v) is 7.80. The maximum absolute atomic E-state index is 9.55. The Hall–Kier alpha value is -1.95. The molecule has 0 heterocycles. The molecule has 0 radical (unpaired) electrons. The molecule has 0 aromatic heterocycles. The van der Waals surface area contributed by atoms with Gasteiger partial charge in [0.05, 0.1) is 6.54 Å². The van der Waals surface area contributed by atoms with E-state index in [0.29, 0.717) is 17.3 Å². The maximum atomic E-state index is 9.55. The van der Waals surface area contributed by atoms with Gasteiger partial charge in [-0.25, -0.2) is 0 Å². The second-order valence-electron chi connectivity index (χ2n) is 5.19. The van der Waals surface area contributed by atoms with Crippen LogP contribution in [0.4, 0.5) is 0 Å². The van der Waals surface area contributed by atoms with Crippen LogP contribution in [0, 0.1) is 11.8 Å². The predicted octanol–water partition coefficient (Wildman–Crippen LogP) is 4.31. The van der Waals surface area contributed by atoms with Gasteiger partial charge in [0.2, 0.25) is 0 Å². The largest absolute Gasteiger partial charge is 0.508 e. The summed E-state index contributed by atoms with van der Waals surface area (Å²) in [7, 11) is 0. The van der Waals surface area contributed by atoms with Gasteiger partial charge in [-0.05, 0) is 48.9 Å². The van der Waals surface area contributed by atoms with Gasteiger partial charge >= 0.3 is 0 Å². The van der Waals surface area contributed by atoms with Crippen molar-refractivity contribution in [3.8, 4) is 17.6 Å². The summed E-state index contributed by atoms with van der Waals surface area (Å²) in [6.45, 7) is 4.60. The number of aromatic hydroxyl groups is 1. The molecule has 0 saturated heterocycles. The molecule has 2 aromatic carbocycles. The minimum atomic E-state index is 0.305. The maximum Gasteiger partial charge on any atom is 0.115 e. The number of nitrogens with zero attached hydrogens (tertiary/aromatic N) is 1. The molecular weight excluding hydrogens is 294 g/mol. The Morgan fingerprint density at radius 3 is 2.68 bits per heavy atom. The Morgan fingerprint density at radius 1 is 1.14 bits per heavy atom. The minimum absolute atomic E-state index is 0.305. The van der Waals surface area contributed by atoms with Crippen LogP contribution in [-0.2, 0) is 6.54 Å². The molecular formula is C19H20ClNO. The molecule has 2 aromatic rings. The molecule has 0 atom stereocenters. The summed E-state index contributed by atoms with van der Waals surface area (Å²) in [6, 6.07) is 15.0. The summed E-state index contributed by atoms with van der Waals surface area (Å²) >= 11 is 5.96. The fraction of sp³-hybridized carbons (Fsp3) is 0.263. The van der Waals surface area contributed by atoms with Crippen LogP contribution >= 0.6 is 11.6 Å². The molecule has 22 heavy (non-hydrogen) atoms. The SMILES string of the molecule is CCCN(CC#Cc1cccc(Cl)c1)Cc1cccc(O)c1. The number of phenolic OH excluding ortho intramolecular Hbond substituents is 1. The molecule has 0 fully saturated rings. The average Bonchev–Trinajstić information content (AvgIpc) is 2.47. The first-order chi connectivity index (χ1) is 10.7. The van der Waals surface area contributed by atoms with E-state index in [2.05, 4.69) is 23.7 Å². The highest BCUT2D eigenvalue weighted by molar-refractivity contribution is 6.30. The fourth-order valence-corrected chi connectivity index (χ4v) is 2.45. The monoisotopic (exact) mass is 313 g/mol. The Kier molecular flexibility index (Phi) is 6.33. The van der Waals surface area contributed by atoms with Crippen molar-refractivity contribution in [2.75, 3.05) is 13.1 Å². The van der Waals surface area contributed by atoms with E-state index in [1.54, 1.807) is 12.1 Å². The smallest absolute Gasteiger partial charge is 0.115 e. The van der Waals surface area contributed by atoms with Crippen molar-refractivity contribution >= 4 is 11.6 Å². The zero-order valence-corrected chi connectivity index (χ0v) is 13.5. The Balaban J connectivity index is 2.00. The first kappa shape index (κ1) is 16.4. The molecule has 2 nitrogen and oxygen atoms in total. The fourth-order valence-electron chi connectivity index (χ4n) is 2.26. The molecule has 0 saturated carbocycles. The van der Waals surface area contributed by atoms with Gasteiger partial charge in [-0.15, -0.1) is 0 Å². The van der Waals surface area contributed by atoms with Gasteiger partial charge in [0.25, 0.3) is 0 Å². The van der Waals surface area contributed by atoms with Gasteiger partial charge in [-0.1, -0.05) is 48.6 Å². The van der Waals surface area contributed by atoms with Crippen molar-refractivity contribution in [3.63, 3.8) is 0 Å². The number of rotatable bonds is 5. The summed E-state index contributed by atoms with van der Waals surface area (Å²) in [4.78, 5) is 2.27. The summed E-state index contributed by atoms with van der Waals surface area (Å²) < 4.78 is 0. The quantitative estimate of drug-likeness (QED) is 0.831. The zero-order chi connectivity index (χ0) is 15.8. The second kappa shape index (κ2) is 8.48. The normalized spacial score (nSPS) is 10.3. The molecule has 0 aliphatic heterocycles. The highest BCUT2D eigenvalue weighted by Gasteiger charge is 2.04. The standard InChI is InChI=1S/C19H20ClNO/c1-2-11-21(15-17-7-4-10-19(22)14-17)12-5-8-16-6-3-9-18(20)13-16/h3-4,6-7,9-10,13-14,22H,2,11-12,15H2,1H3. The Morgan fingerprint density at radius 2 is 1.95 bits per heavy atom. The van der Waals surface area contributed by atoms with Gasteiger partial charge in [0.15, 0.2) is 0 Å². The van der Waals surface area contributed by atoms with Crippen molar-refractivity contribution in [2.45, 2.75) is 19.9 Å². The lowest BCUT2D eigenvalue weighted by molar-refractivity contribution is 0.299. The molecule has 0 aliphatic carbocycles. The van der Waals surface area contributed by atoms with E-state index in [1.807, 2.05) is 36.4 Å². The van der Waals surface area contributed by atoms with E-state index in [9.17, 15) is 5.11 Å². The minimum Gasteiger partial charge on any atom is -0.508 e. The molecule has 0 amide bonds. The van der Waals surface area contributed by atoms with E-state index in [1.165, 1.54) is 0 Å². The van der Waals surface area contributed by atoms with Crippen molar-refractivity contribution in [3.05, 3.63) is 64.7 Å². The lowest BCUT2D eigenvalue weighted by Crippen LogP contribution is -2.24. The summed E-state index contributed by atoms with van der Waals surface area (Å²) in [5.41, 5.74) is 2.03. The van der Waals surface area contributed by atoms with E-state index >= 15 is 0 Å². The Labute approximate surface area is 137 Å². The number of phenols is 1. The van der Waals surface area contributed by atoms with Crippen LogP contribution < -0.4 is 0 Å². The highest BCUT2D eigenvalue weighted by Crippen LogP contribution is 2.13. The van der Waals surface area contributed by atoms with Gasteiger partial charge in [0, 0.05) is 17.1 Å². The predicted molar refractivity (Wildman–Crippen MR) is 92.0 cm³/mol. The zero-order valence-electron chi connectivity index (χ0n) is 12.7. The molecule has 0 bridgehead atoms. The van der Waals surface area contributed by atoms with Crippen LogP contribution in [0.3, 0.4) is 0 Å². The van der Waals surface area contributed by atoms with Crippen LogP contribution in [0.2, 0.25) is 5.02 Å². The molecule has 2 rings (SSSR count). The number of halogens is 1. The lowest BCUT2D eigenvalue weighted by atomic mass is 10.2. The molecule has 0 aliphatic rings.